The molecule has 1 unspecified atom stereocenters. The molecule has 8 heteroatoms. The zero-order valence-corrected chi connectivity index (χ0v) is 10.5. The summed E-state index contributed by atoms with van der Waals surface area (Å²) >= 11 is 0. The highest BCUT2D eigenvalue weighted by Crippen LogP contribution is 2.25. The molecule has 0 saturated carbocycles. The number of nitrogens with one attached hydrogen (secondary N) is 2. The van der Waals surface area contributed by atoms with Crippen molar-refractivity contribution in [2.24, 2.45) is 0 Å². The Kier molecular flexibility index (Phi) is 4.64. The number of nitrogens with zero attached hydrogens (tertiary/aromatic N) is 1. The van der Waals surface area contributed by atoms with E-state index in [0.29, 0.717) is 11.5 Å². The third kappa shape index (κ3) is 3.64. The van der Waals surface area contributed by atoms with Crippen molar-refractivity contribution in [3.63, 3.8) is 0 Å². The Morgan fingerprint density at radius 2 is 2.44 bits per heavy atom. The van der Waals surface area contributed by atoms with Crippen LogP contribution in [0.1, 0.15) is 17.9 Å². The van der Waals surface area contributed by atoms with Crippen molar-refractivity contribution >= 4 is 18.3 Å². The Hall–Kier alpha value is -1.21. The number of amides is 1. The van der Waals surface area contributed by atoms with Gasteiger partial charge in [-0.05, 0) is 6.92 Å². The van der Waals surface area contributed by atoms with Crippen molar-refractivity contribution in [1.82, 2.24) is 15.8 Å². The van der Waals surface area contributed by atoms with Crippen molar-refractivity contribution < 1.29 is 18.1 Å². The largest absolute Gasteiger partial charge is 0.359 e. The first-order chi connectivity index (χ1) is 7.96. The van der Waals surface area contributed by atoms with E-state index in [-0.39, 0.29) is 19.0 Å². The van der Waals surface area contributed by atoms with E-state index in [0.717, 1.165) is 0 Å². The molecule has 1 fully saturated rings. The number of aryl methyl sites for hydroxylation is 1. The van der Waals surface area contributed by atoms with E-state index in [1.165, 1.54) is 0 Å². The first-order valence-corrected chi connectivity index (χ1v) is 5.27. The first kappa shape index (κ1) is 14.8. The van der Waals surface area contributed by atoms with Crippen LogP contribution in [0, 0.1) is 6.92 Å². The maximum absolute atomic E-state index is 12.9. The monoisotopic (exact) mass is 281 g/mol. The van der Waals surface area contributed by atoms with Gasteiger partial charge in [0.1, 0.15) is 0 Å². The predicted octanol–water partition coefficient (Wildman–Crippen LogP) is 1.02. The van der Waals surface area contributed by atoms with E-state index in [2.05, 4.69) is 15.8 Å². The molecule has 1 amide bonds. The van der Waals surface area contributed by atoms with E-state index in [4.69, 9.17) is 4.52 Å². The maximum Gasteiger partial charge on any atom is 0.262 e. The van der Waals surface area contributed by atoms with Crippen LogP contribution in [0.5, 0.6) is 0 Å². The second-order valence-corrected chi connectivity index (χ2v) is 4.15. The van der Waals surface area contributed by atoms with Gasteiger partial charge in [0.15, 0.2) is 5.76 Å². The van der Waals surface area contributed by atoms with E-state index < -0.39 is 30.8 Å². The molecule has 0 aliphatic carbocycles. The van der Waals surface area contributed by atoms with E-state index in [9.17, 15) is 13.6 Å². The minimum Gasteiger partial charge on any atom is -0.359 e. The number of carbonyl (C=O) groups excluding carboxylic acids is 1. The number of rotatable bonds is 3. The lowest BCUT2D eigenvalue weighted by molar-refractivity contribution is -0.123. The standard InChI is InChI=1S/C10H13F2N3O2.ClH/c1-6-2-7(17-15-6)4-13-9(16)8-3-10(11,12)5-14-8;/h2,8,14H,3-5H2,1H3,(H,13,16);1H. The van der Waals surface area contributed by atoms with Gasteiger partial charge in [-0.15, -0.1) is 12.4 Å². The number of carbonyl (C=O) groups is 1. The van der Waals surface area contributed by atoms with Crippen LogP contribution in [-0.4, -0.2) is 29.6 Å². The summed E-state index contributed by atoms with van der Waals surface area (Å²) in [6, 6.07) is 0.839. The smallest absolute Gasteiger partial charge is 0.262 e. The molecule has 1 aliphatic rings. The average molecular weight is 282 g/mol. The number of alkyl halides is 2. The fourth-order valence-electron chi connectivity index (χ4n) is 1.70. The third-order valence-electron chi connectivity index (χ3n) is 2.54. The normalized spacial score (nSPS) is 21.4. The molecular weight excluding hydrogens is 268 g/mol. The Morgan fingerprint density at radius 3 is 2.94 bits per heavy atom. The molecule has 5 nitrogen and oxygen atoms in total. The molecule has 0 radical (unpaired) electrons. The number of hydrogen-bond donors (Lipinski definition) is 2. The summed E-state index contributed by atoms with van der Waals surface area (Å²) in [4.78, 5) is 11.5. The molecule has 18 heavy (non-hydrogen) atoms. The van der Waals surface area contributed by atoms with Gasteiger partial charge >= 0.3 is 0 Å². The van der Waals surface area contributed by atoms with Gasteiger partial charge in [0.2, 0.25) is 5.91 Å². The summed E-state index contributed by atoms with van der Waals surface area (Å²) in [7, 11) is 0. The van der Waals surface area contributed by atoms with Crippen molar-refractivity contribution in [3.8, 4) is 0 Å². The molecule has 2 heterocycles. The molecule has 1 aromatic rings. The van der Waals surface area contributed by atoms with Gasteiger partial charge in [-0.3, -0.25) is 10.1 Å². The van der Waals surface area contributed by atoms with Crippen LogP contribution >= 0.6 is 12.4 Å². The first-order valence-electron chi connectivity index (χ1n) is 5.27. The van der Waals surface area contributed by atoms with Gasteiger partial charge in [0.05, 0.1) is 24.8 Å². The molecule has 1 saturated heterocycles. The summed E-state index contributed by atoms with van der Waals surface area (Å²) in [6.45, 7) is 1.46. The van der Waals surface area contributed by atoms with Gasteiger partial charge < -0.3 is 9.84 Å². The third-order valence-corrected chi connectivity index (χ3v) is 2.54. The molecule has 0 aromatic carbocycles. The van der Waals surface area contributed by atoms with E-state index in [1.807, 2.05) is 0 Å². The Balaban J connectivity index is 0.00000162. The molecule has 102 valence electrons. The fourth-order valence-corrected chi connectivity index (χ4v) is 1.70. The van der Waals surface area contributed by atoms with Gasteiger partial charge in [0.25, 0.3) is 5.92 Å². The zero-order valence-electron chi connectivity index (χ0n) is 9.70. The van der Waals surface area contributed by atoms with Crippen LogP contribution in [0.3, 0.4) is 0 Å². The summed E-state index contributed by atoms with van der Waals surface area (Å²) in [5.41, 5.74) is 0.708. The number of halogens is 3. The lowest BCUT2D eigenvalue weighted by Gasteiger charge is -2.09. The lowest BCUT2D eigenvalue weighted by Crippen LogP contribution is -2.39. The fraction of sp³-hybridized carbons (Fsp3) is 0.600. The maximum atomic E-state index is 12.9. The SMILES string of the molecule is Cc1cc(CNC(=O)C2CC(F)(F)CN2)on1.Cl. The summed E-state index contributed by atoms with van der Waals surface area (Å²) in [6.07, 6.45) is -0.464. The molecular formula is C10H14ClF2N3O2. The van der Waals surface area contributed by atoms with E-state index >= 15 is 0 Å². The lowest BCUT2D eigenvalue weighted by atomic mass is 10.2. The topological polar surface area (TPSA) is 67.2 Å². The predicted molar refractivity (Wildman–Crippen MR) is 61.7 cm³/mol. The Labute approximate surface area is 109 Å². The minimum atomic E-state index is -2.80. The molecule has 2 N–H and O–H groups in total. The zero-order chi connectivity index (χ0) is 12.5. The molecule has 1 aliphatic heterocycles. The van der Waals surface area contributed by atoms with Crippen molar-refractivity contribution in [2.75, 3.05) is 6.54 Å². The number of aromatic nitrogens is 1. The molecule has 1 atom stereocenters. The van der Waals surface area contributed by atoms with Crippen LogP contribution in [-0.2, 0) is 11.3 Å². The van der Waals surface area contributed by atoms with Gasteiger partial charge in [0, 0.05) is 12.5 Å². The Bertz CT molecular complexity index is 425. The second-order valence-electron chi connectivity index (χ2n) is 4.15. The van der Waals surface area contributed by atoms with Crippen LogP contribution in [0.4, 0.5) is 8.78 Å². The second kappa shape index (κ2) is 5.62. The van der Waals surface area contributed by atoms with Gasteiger partial charge in [-0.2, -0.15) is 0 Å². The van der Waals surface area contributed by atoms with Gasteiger partial charge in [-0.25, -0.2) is 8.78 Å². The Morgan fingerprint density at radius 1 is 1.72 bits per heavy atom. The molecule has 2 rings (SSSR count). The van der Waals surface area contributed by atoms with Crippen LogP contribution in [0.25, 0.3) is 0 Å². The van der Waals surface area contributed by atoms with Gasteiger partial charge in [-0.1, -0.05) is 5.16 Å². The highest BCUT2D eigenvalue weighted by atomic mass is 35.5. The van der Waals surface area contributed by atoms with Crippen molar-refractivity contribution in [3.05, 3.63) is 17.5 Å². The average Bonchev–Trinajstić information content (AvgIpc) is 2.81. The van der Waals surface area contributed by atoms with Crippen LogP contribution in [0.15, 0.2) is 10.6 Å². The molecule has 1 aromatic heterocycles. The summed E-state index contributed by atoms with van der Waals surface area (Å²) in [5.74, 6) is -2.75. The van der Waals surface area contributed by atoms with Crippen molar-refractivity contribution in [2.45, 2.75) is 31.9 Å². The van der Waals surface area contributed by atoms with Crippen LogP contribution in [0.2, 0.25) is 0 Å². The minimum absolute atomic E-state index is 0. The highest BCUT2D eigenvalue weighted by molar-refractivity contribution is 5.85. The molecule has 0 bridgehead atoms. The summed E-state index contributed by atoms with van der Waals surface area (Å²) in [5, 5.41) is 8.66. The molecule has 0 spiro atoms. The summed E-state index contributed by atoms with van der Waals surface area (Å²) < 4.78 is 30.6. The van der Waals surface area contributed by atoms with E-state index in [1.54, 1.807) is 13.0 Å². The van der Waals surface area contributed by atoms with Crippen molar-refractivity contribution in [1.29, 1.82) is 0 Å². The quantitative estimate of drug-likeness (QED) is 0.868. The number of hydrogen-bond acceptors (Lipinski definition) is 4. The highest BCUT2D eigenvalue weighted by Gasteiger charge is 2.42. The van der Waals surface area contributed by atoms with Crippen LogP contribution < -0.4 is 10.6 Å².